The first-order valence-electron chi connectivity index (χ1n) is 5.33. The quantitative estimate of drug-likeness (QED) is 0.768. The van der Waals surface area contributed by atoms with Gasteiger partial charge in [0.15, 0.2) is 0 Å². The normalized spacial score (nSPS) is 9.89. The number of aryl methyl sites for hydroxylation is 1. The third kappa shape index (κ3) is 2.95. The summed E-state index contributed by atoms with van der Waals surface area (Å²) in [6, 6.07) is 13.6. The van der Waals surface area contributed by atoms with E-state index in [-0.39, 0.29) is 0 Å². The van der Waals surface area contributed by atoms with E-state index in [9.17, 15) is 0 Å². The fourth-order valence-corrected chi connectivity index (χ4v) is 2.50. The molecule has 2 nitrogen and oxygen atoms in total. The second-order valence-corrected chi connectivity index (χ2v) is 5.56. The Morgan fingerprint density at radius 3 is 2.56 bits per heavy atom. The second kappa shape index (κ2) is 5.59. The molecule has 0 bridgehead atoms. The smallest absolute Gasteiger partial charge is 0.101 e. The molecule has 18 heavy (non-hydrogen) atoms. The summed E-state index contributed by atoms with van der Waals surface area (Å²) in [6.45, 7) is 1.96. The standard InChI is InChI=1S/C14H10ClIN2/c1-9-2-4-13(10(6-9)8-17)18-14-5-3-11(16)7-12(14)15/h2-7,18H,1H3. The zero-order valence-corrected chi connectivity index (χ0v) is 12.6. The van der Waals surface area contributed by atoms with Gasteiger partial charge in [0.25, 0.3) is 0 Å². The summed E-state index contributed by atoms with van der Waals surface area (Å²) in [6.07, 6.45) is 0. The van der Waals surface area contributed by atoms with Crippen molar-refractivity contribution in [2.24, 2.45) is 0 Å². The predicted molar refractivity (Wildman–Crippen MR) is 83.3 cm³/mol. The predicted octanol–water partition coefficient (Wildman–Crippen LogP) is 4.87. The summed E-state index contributed by atoms with van der Waals surface area (Å²) < 4.78 is 1.08. The van der Waals surface area contributed by atoms with Gasteiger partial charge in [-0.2, -0.15) is 5.26 Å². The van der Waals surface area contributed by atoms with Crippen LogP contribution in [0, 0.1) is 21.8 Å². The van der Waals surface area contributed by atoms with Crippen molar-refractivity contribution in [2.75, 3.05) is 5.32 Å². The molecule has 90 valence electrons. The Kier molecular flexibility index (Phi) is 4.10. The molecular formula is C14H10ClIN2. The van der Waals surface area contributed by atoms with Gasteiger partial charge in [-0.15, -0.1) is 0 Å². The van der Waals surface area contributed by atoms with E-state index in [0.717, 1.165) is 20.5 Å². The molecule has 0 amide bonds. The lowest BCUT2D eigenvalue weighted by Crippen LogP contribution is -1.95. The number of nitrogens with zero attached hydrogens (tertiary/aromatic N) is 1. The van der Waals surface area contributed by atoms with Crippen LogP contribution in [-0.4, -0.2) is 0 Å². The summed E-state index contributed by atoms with van der Waals surface area (Å²) in [5.41, 5.74) is 3.25. The number of nitriles is 1. The van der Waals surface area contributed by atoms with Gasteiger partial charge in [0.05, 0.1) is 22.0 Å². The molecule has 0 aliphatic carbocycles. The molecular weight excluding hydrogens is 359 g/mol. The minimum atomic E-state index is 0.615. The zero-order chi connectivity index (χ0) is 13.1. The van der Waals surface area contributed by atoms with Gasteiger partial charge >= 0.3 is 0 Å². The summed E-state index contributed by atoms with van der Waals surface area (Å²) in [7, 11) is 0. The van der Waals surface area contributed by atoms with Gasteiger partial charge in [-0.3, -0.25) is 0 Å². The average molecular weight is 369 g/mol. The van der Waals surface area contributed by atoms with Crippen LogP contribution in [0.3, 0.4) is 0 Å². The molecule has 0 aliphatic rings. The van der Waals surface area contributed by atoms with Crippen LogP contribution in [0.5, 0.6) is 0 Å². The highest BCUT2D eigenvalue weighted by Gasteiger charge is 2.05. The van der Waals surface area contributed by atoms with Crippen molar-refractivity contribution >= 4 is 45.6 Å². The maximum absolute atomic E-state index is 9.11. The van der Waals surface area contributed by atoms with Crippen LogP contribution in [-0.2, 0) is 0 Å². The fourth-order valence-electron chi connectivity index (χ4n) is 1.60. The van der Waals surface area contributed by atoms with Gasteiger partial charge in [-0.25, -0.2) is 0 Å². The maximum atomic E-state index is 9.11. The van der Waals surface area contributed by atoms with Gasteiger partial charge in [0.1, 0.15) is 6.07 Å². The third-order valence-corrected chi connectivity index (χ3v) is 3.48. The lowest BCUT2D eigenvalue weighted by Gasteiger charge is -2.10. The number of nitrogens with one attached hydrogen (secondary N) is 1. The topological polar surface area (TPSA) is 35.8 Å². The Balaban J connectivity index is 2.37. The van der Waals surface area contributed by atoms with Crippen molar-refractivity contribution in [3.8, 4) is 6.07 Å². The van der Waals surface area contributed by atoms with Gasteiger partial charge in [0.2, 0.25) is 0 Å². The van der Waals surface area contributed by atoms with Crippen LogP contribution in [0.15, 0.2) is 36.4 Å². The van der Waals surface area contributed by atoms with Crippen LogP contribution in [0.4, 0.5) is 11.4 Å². The van der Waals surface area contributed by atoms with Crippen LogP contribution >= 0.6 is 34.2 Å². The van der Waals surface area contributed by atoms with Crippen molar-refractivity contribution in [1.29, 1.82) is 5.26 Å². The van der Waals surface area contributed by atoms with Crippen molar-refractivity contribution in [1.82, 2.24) is 0 Å². The molecule has 0 radical (unpaired) electrons. The van der Waals surface area contributed by atoms with E-state index in [1.54, 1.807) is 0 Å². The van der Waals surface area contributed by atoms with Crippen LogP contribution in [0.2, 0.25) is 5.02 Å². The van der Waals surface area contributed by atoms with E-state index >= 15 is 0 Å². The molecule has 0 spiro atoms. The summed E-state index contributed by atoms with van der Waals surface area (Å²) in [4.78, 5) is 0. The number of anilines is 2. The molecule has 0 fully saturated rings. The van der Waals surface area contributed by atoms with E-state index in [4.69, 9.17) is 16.9 Å². The number of rotatable bonds is 2. The first-order valence-corrected chi connectivity index (χ1v) is 6.78. The van der Waals surface area contributed by atoms with Crippen LogP contribution < -0.4 is 5.32 Å². The Morgan fingerprint density at radius 1 is 1.17 bits per heavy atom. The highest BCUT2D eigenvalue weighted by Crippen LogP contribution is 2.28. The molecule has 0 saturated heterocycles. The van der Waals surface area contributed by atoms with Gasteiger partial charge in [-0.05, 0) is 65.4 Å². The van der Waals surface area contributed by atoms with Crippen LogP contribution in [0.25, 0.3) is 0 Å². The molecule has 0 aromatic heterocycles. The lowest BCUT2D eigenvalue weighted by atomic mass is 10.1. The molecule has 0 saturated carbocycles. The Labute approximate surface area is 125 Å². The van der Waals surface area contributed by atoms with E-state index < -0.39 is 0 Å². The number of hydrogen-bond acceptors (Lipinski definition) is 2. The molecule has 2 rings (SSSR count). The molecule has 0 heterocycles. The zero-order valence-electron chi connectivity index (χ0n) is 9.67. The van der Waals surface area contributed by atoms with E-state index in [0.29, 0.717) is 10.6 Å². The molecule has 1 N–H and O–H groups in total. The highest BCUT2D eigenvalue weighted by molar-refractivity contribution is 14.1. The van der Waals surface area contributed by atoms with Crippen molar-refractivity contribution < 1.29 is 0 Å². The highest BCUT2D eigenvalue weighted by atomic mass is 127. The fraction of sp³-hybridized carbons (Fsp3) is 0.0714. The summed E-state index contributed by atoms with van der Waals surface area (Å²) in [5, 5.41) is 12.9. The molecule has 2 aromatic rings. The van der Waals surface area contributed by atoms with Crippen LogP contribution in [0.1, 0.15) is 11.1 Å². The minimum Gasteiger partial charge on any atom is -0.353 e. The molecule has 0 aliphatic heterocycles. The van der Waals surface area contributed by atoms with Crippen molar-refractivity contribution in [3.05, 3.63) is 56.1 Å². The van der Waals surface area contributed by atoms with Gasteiger partial charge in [-0.1, -0.05) is 17.7 Å². The first kappa shape index (κ1) is 13.2. The maximum Gasteiger partial charge on any atom is 0.101 e. The van der Waals surface area contributed by atoms with Crippen molar-refractivity contribution in [3.63, 3.8) is 0 Å². The molecule has 0 unspecified atom stereocenters. The lowest BCUT2D eigenvalue weighted by molar-refractivity contribution is 1.40. The number of hydrogen-bond donors (Lipinski definition) is 1. The van der Waals surface area contributed by atoms with Crippen molar-refractivity contribution in [2.45, 2.75) is 6.92 Å². The molecule has 4 heteroatoms. The largest absolute Gasteiger partial charge is 0.353 e. The summed E-state index contributed by atoms with van der Waals surface area (Å²) in [5.74, 6) is 0. The third-order valence-electron chi connectivity index (χ3n) is 2.50. The van der Waals surface area contributed by atoms with E-state index in [1.165, 1.54) is 0 Å². The number of benzene rings is 2. The monoisotopic (exact) mass is 368 g/mol. The molecule has 2 aromatic carbocycles. The minimum absolute atomic E-state index is 0.615. The van der Waals surface area contributed by atoms with E-state index in [1.807, 2.05) is 43.3 Å². The summed E-state index contributed by atoms with van der Waals surface area (Å²) >= 11 is 8.36. The Hall–Kier alpha value is -1.25. The Bertz CT molecular complexity index is 632. The average Bonchev–Trinajstić information content (AvgIpc) is 2.34. The number of halogens is 2. The SMILES string of the molecule is Cc1ccc(Nc2ccc(I)cc2Cl)c(C#N)c1. The van der Waals surface area contributed by atoms with Gasteiger partial charge in [0, 0.05) is 3.57 Å². The van der Waals surface area contributed by atoms with E-state index in [2.05, 4.69) is 34.0 Å². The van der Waals surface area contributed by atoms with Gasteiger partial charge < -0.3 is 5.32 Å². The molecule has 0 atom stereocenters. The Morgan fingerprint density at radius 2 is 1.89 bits per heavy atom. The second-order valence-electron chi connectivity index (χ2n) is 3.91. The first-order chi connectivity index (χ1) is 8.60.